The molecule has 6 aromatic rings. The van der Waals surface area contributed by atoms with Crippen LogP contribution in [0.25, 0.3) is 38.2 Å². The summed E-state index contributed by atoms with van der Waals surface area (Å²) in [4.78, 5) is 7.34. The van der Waals surface area contributed by atoms with Crippen molar-refractivity contribution < 1.29 is 21.5 Å². The molecule has 0 fully saturated rings. The molecule has 0 aliphatic rings. The van der Waals surface area contributed by atoms with E-state index in [1.165, 1.54) is 5.69 Å². The largest absolute Gasteiger partial charge is 1.00 e. The number of nitrogens with zero attached hydrogens (tertiary/aromatic N) is 6. The molecule has 0 bridgehead atoms. The first-order chi connectivity index (χ1) is 18.3. The lowest BCUT2D eigenvalue weighted by atomic mass is 10.0. The third-order valence-electron chi connectivity index (χ3n) is 7.12. The third kappa shape index (κ3) is 5.12. The molecular weight excluding hydrogens is 568 g/mol. The molecule has 0 radical (unpaired) electrons. The summed E-state index contributed by atoms with van der Waals surface area (Å²) in [7, 11) is 6.68. The Morgan fingerprint density at radius 1 is 0.872 bits per heavy atom. The molecule has 0 N–H and O–H groups in total. The number of imidazole rings is 1. The van der Waals surface area contributed by atoms with Crippen LogP contribution in [0, 0.1) is 4.64 Å². The van der Waals surface area contributed by atoms with Crippen LogP contribution in [-0.2, 0) is 0 Å². The molecule has 6 nitrogen and oxygen atoms in total. The summed E-state index contributed by atoms with van der Waals surface area (Å²) in [5, 5.41) is 13.5. The normalized spacial score (nSPS) is 12.2. The molecule has 0 aliphatic heterocycles. The Morgan fingerprint density at radius 3 is 2.36 bits per heavy atom. The highest BCUT2D eigenvalue weighted by atomic mass is 79.9. The quantitative estimate of drug-likeness (QED) is 0.149. The molecule has 198 valence electrons. The minimum atomic E-state index is 0. The maximum Gasteiger partial charge on any atom is 0.147 e. The number of para-hydroxylation sites is 2. The van der Waals surface area contributed by atoms with Gasteiger partial charge in [0.05, 0.1) is 56.6 Å². The Labute approximate surface area is 243 Å². The number of quaternary nitrogens is 1. The number of azo groups is 1. The van der Waals surface area contributed by atoms with Gasteiger partial charge in [-0.2, -0.15) is 10.2 Å². The van der Waals surface area contributed by atoms with E-state index < -0.39 is 0 Å². The number of likely N-dealkylation sites (N-methyl/N-ethyl adjacent to an activating group) is 2. The van der Waals surface area contributed by atoms with E-state index >= 15 is 0 Å². The maximum atomic E-state index is 5.93. The van der Waals surface area contributed by atoms with E-state index in [-0.39, 0.29) is 17.0 Å². The smallest absolute Gasteiger partial charge is 0.147 e. The number of fused-ring (bicyclic) bond motifs is 4. The standard InChI is InChI=1S/C31H31N6S.BrH/c1-5-35(17-18-37(2,3)4)24-15-13-22(14-16-24)33-34-23-19-21-9-8-10-25-29(21)26(20-23)30-32-27-11-6-7-12-28(27)36(30)31(25)38;/h6-16,19-20H,5,17-18H2,1-4H3;1H/q+1;/p-1/b34-33+;. The molecule has 6 rings (SSSR count). The Bertz CT molecular complexity index is 1870. The van der Waals surface area contributed by atoms with Gasteiger partial charge in [-0.1, -0.05) is 42.5 Å². The first-order valence-corrected chi connectivity index (χ1v) is 13.4. The van der Waals surface area contributed by atoms with E-state index in [0.717, 1.165) is 78.4 Å². The molecule has 0 aliphatic carbocycles. The van der Waals surface area contributed by atoms with Crippen LogP contribution in [0.5, 0.6) is 0 Å². The van der Waals surface area contributed by atoms with Gasteiger partial charge in [0.2, 0.25) is 0 Å². The molecule has 0 saturated carbocycles. The molecule has 4 aromatic carbocycles. The lowest BCUT2D eigenvalue weighted by Crippen LogP contribution is -3.00. The topological polar surface area (TPSA) is 45.3 Å². The first-order valence-electron chi connectivity index (χ1n) is 13.0. The molecule has 39 heavy (non-hydrogen) atoms. The number of rotatable bonds is 7. The molecule has 8 heteroatoms. The van der Waals surface area contributed by atoms with Crippen LogP contribution in [0.1, 0.15) is 6.92 Å². The number of hydrogen-bond acceptors (Lipinski definition) is 5. The number of benzene rings is 4. The van der Waals surface area contributed by atoms with Crippen LogP contribution in [0.2, 0.25) is 0 Å². The van der Waals surface area contributed by atoms with Crippen LogP contribution in [0.4, 0.5) is 17.1 Å². The summed E-state index contributed by atoms with van der Waals surface area (Å²) in [6.45, 7) is 5.26. The predicted octanol–water partition coefficient (Wildman–Crippen LogP) is 4.91. The molecular formula is C31H31BrN6S. The average molecular weight is 600 g/mol. The summed E-state index contributed by atoms with van der Waals surface area (Å²) < 4.78 is 3.81. The van der Waals surface area contributed by atoms with Crippen molar-refractivity contribution in [2.75, 3.05) is 45.7 Å². The fraction of sp³-hybridized carbons (Fsp3) is 0.226. The Balaban J connectivity index is 0.00000308. The van der Waals surface area contributed by atoms with Crippen molar-refractivity contribution in [2.45, 2.75) is 6.92 Å². The SMILES string of the molecule is CCN(CC[N+](C)(C)C)c1ccc(/N=N/c2cc3cccc4c(=S)n5c6ccccc6nc5c(c2)c34)cc1.[Br-]. The highest BCUT2D eigenvalue weighted by molar-refractivity contribution is 7.71. The van der Waals surface area contributed by atoms with E-state index in [4.69, 9.17) is 17.2 Å². The molecule has 0 saturated heterocycles. The van der Waals surface area contributed by atoms with Gasteiger partial charge in [0, 0.05) is 28.4 Å². The van der Waals surface area contributed by atoms with Gasteiger partial charge in [0.25, 0.3) is 0 Å². The number of anilines is 1. The molecule has 2 heterocycles. The van der Waals surface area contributed by atoms with Crippen molar-refractivity contribution in [2.24, 2.45) is 10.2 Å². The first kappa shape index (κ1) is 27.1. The van der Waals surface area contributed by atoms with E-state index in [9.17, 15) is 0 Å². The van der Waals surface area contributed by atoms with Crippen LogP contribution >= 0.6 is 12.2 Å². The van der Waals surface area contributed by atoms with Crippen LogP contribution in [-0.4, -0.2) is 54.6 Å². The second-order valence-corrected chi connectivity index (χ2v) is 11.2. The van der Waals surface area contributed by atoms with Crippen LogP contribution in [0.15, 0.2) is 89.1 Å². The van der Waals surface area contributed by atoms with Gasteiger partial charge in [-0.3, -0.25) is 4.40 Å². The molecule has 0 spiro atoms. The fourth-order valence-electron chi connectivity index (χ4n) is 5.09. The summed E-state index contributed by atoms with van der Waals surface area (Å²) >= 11 is 5.93. The zero-order chi connectivity index (χ0) is 26.4. The molecule has 0 unspecified atom stereocenters. The van der Waals surface area contributed by atoms with E-state index in [0.29, 0.717) is 0 Å². The van der Waals surface area contributed by atoms with E-state index in [1.807, 2.05) is 30.3 Å². The van der Waals surface area contributed by atoms with Gasteiger partial charge in [-0.25, -0.2) is 4.98 Å². The van der Waals surface area contributed by atoms with E-state index in [2.05, 4.69) is 96.1 Å². The van der Waals surface area contributed by atoms with Gasteiger partial charge in [0.1, 0.15) is 10.3 Å². The molecule has 0 atom stereocenters. The average Bonchev–Trinajstić information content (AvgIpc) is 3.31. The zero-order valence-corrected chi connectivity index (χ0v) is 25.0. The van der Waals surface area contributed by atoms with Crippen molar-refractivity contribution in [1.29, 1.82) is 0 Å². The number of pyridine rings is 1. The summed E-state index contributed by atoms with van der Waals surface area (Å²) in [5.74, 6) is 0. The van der Waals surface area contributed by atoms with E-state index in [1.54, 1.807) is 0 Å². The lowest BCUT2D eigenvalue weighted by Gasteiger charge is -2.29. The molecule has 0 amide bonds. The van der Waals surface area contributed by atoms with Crippen molar-refractivity contribution in [3.63, 3.8) is 0 Å². The highest BCUT2D eigenvalue weighted by Gasteiger charge is 2.15. The third-order valence-corrected chi connectivity index (χ3v) is 7.52. The van der Waals surface area contributed by atoms with Crippen LogP contribution < -0.4 is 21.9 Å². The highest BCUT2D eigenvalue weighted by Crippen LogP contribution is 2.36. The minimum Gasteiger partial charge on any atom is -1.00 e. The maximum absolute atomic E-state index is 5.93. The number of hydrogen-bond donors (Lipinski definition) is 0. The van der Waals surface area contributed by atoms with Gasteiger partial charge >= 0.3 is 0 Å². The second kappa shape index (κ2) is 10.6. The van der Waals surface area contributed by atoms with Crippen molar-refractivity contribution in [3.05, 3.63) is 83.5 Å². The van der Waals surface area contributed by atoms with Crippen molar-refractivity contribution >= 4 is 67.5 Å². The Morgan fingerprint density at radius 2 is 1.62 bits per heavy atom. The number of aromatic nitrogens is 2. The predicted molar refractivity (Wildman–Crippen MR) is 161 cm³/mol. The molecule has 2 aromatic heterocycles. The van der Waals surface area contributed by atoms with Gasteiger partial charge in [-0.15, -0.1) is 0 Å². The monoisotopic (exact) mass is 598 g/mol. The lowest BCUT2D eigenvalue weighted by molar-refractivity contribution is -0.868. The van der Waals surface area contributed by atoms with Crippen molar-refractivity contribution in [3.8, 4) is 0 Å². The van der Waals surface area contributed by atoms with Gasteiger partial charge < -0.3 is 26.4 Å². The number of halogens is 1. The van der Waals surface area contributed by atoms with Crippen molar-refractivity contribution in [1.82, 2.24) is 9.38 Å². The van der Waals surface area contributed by atoms with Gasteiger partial charge in [0.15, 0.2) is 0 Å². The Hall–Kier alpha value is -3.46. The Kier molecular flexibility index (Phi) is 7.37. The minimum absolute atomic E-state index is 0. The fourth-order valence-corrected chi connectivity index (χ4v) is 5.45. The summed E-state index contributed by atoms with van der Waals surface area (Å²) in [6.07, 6.45) is 0. The van der Waals surface area contributed by atoms with Gasteiger partial charge in [-0.05, 0) is 60.8 Å². The second-order valence-electron chi connectivity index (χ2n) is 10.8. The summed E-state index contributed by atoms with van der Waals surface area (Å²) in [5.41, 5.74) is 5.63. The summed E-state index contributed by atoms with van der Waals surface area (Å²) in [6, 6.07) is 26.9. The zero-order valence-electron chi connectivity index (χ0n) is 22.6. The van der Waals surface area contributed by atoms with Crippen LogP contribution in [0.3, 0.4) is 0 Å².